The van der Waals surface area contributed by atoms with Gasteiger partial charge in [-0.3, -0.25) is 9.59 Å². The van der Waals surface area contributed by atoms with Gasteiger partial charge in [0.2, 0.25) is 5.91 Å². The molecular formula is C19H25NO4. The van der Waals surface area contributed by atoms with Crippen molar-refractivity contribution in [2.45, 2.75) is 39.2 Å². The Morgan fingerprint density at radius 3 is 2.67 bits per heavy atom. The Morgan fingerprint density at radius 1 is 1.29 bits per heavy atom. The molecule has 1 amide bonds. The van der Waals surface area contributed by atoms with Gasteiger partial charge < -0.3 is 14.7 Å². The quantitative estimate of drug-likeness (QED) is 0.870. The zero-order chi connectivity index (χ0) is 17.3. The summed E-state index contributed by atoms with van der Waals surface area (Å²) in [4.78, 5) is 25.8. The van der Waals surface area contributed by atoms with E-state index < -0.39 is 11.9 Å². The van der Waals surface area contributed by atoms with Crippen molar-refractivity contribution in [3.05, 3.63) is 29.8 Å². The molecule has 2 aliphatic rings. The first-order chi connectivity index (χ1) is 11.4. The zero-order valence-corrected chi connectivity index (χ0v) is 14.3. The first-order valence-corrected chi connectivity index (χ1v) is 8.70. The van der Waals surface area contributed by atoms with Gasteiger partial charge in [-0.25, -0.2) is 0 Å². The van der Waals surface area contributed by atoms with Gasteiger partial charge in [0.05, 0.1) is 18.4 Å². The monoisotopic (exact) mass is 331 g/mol. The summed E-state index contributed by atoms with van der Waals surface area (Å²) >= 11 is 0. The minimum atomic E-state index is -0.769. The van der Waals surface area contributed by atoms with Crippen LogP contribution in [0.4, 0.5) is 0 Å². The minimum absolute atomic E-state index is 0.00565. The molecule has 2 fully saturated rings. The summed E-state index contributed by atoms with van der Waals surface area (Å²) in [6.07, 6.45) is 2.58. The van der Waals surface area contributed by atoms with E-state index >= 15 is 0 Å². The second kappa shape index (κ2) is 6.83. The van der Waals surface area contributed by atoms with Crippen LogP contribution in [0, 0.1) is 17.8 Å². The van der Waals surface area contributed by atoms with Crippen LogP contribution in [0.3, 0.4) is 0 Å². The van der Waals surface area contributed by atoms with Crippen LogP contribution in [-0.2, 0) is 16.0 Å². The SMILES string of the molecule is CC(C)Oc1cccc(CC(=O)N2C[C@H](C(=O)O)[C@@H](C3CC3)C2)c1. The molecule has 5 nitrogen and oxygen atoms in total. The Labute approximate surface area is 142 Å². The van der Waals surface area contributed by atoms with E-state index in [2.05, 4.69) is 0 Å². The number of carboxylic acids is 1. The second-order valence-electron chi connectivity index (χ2n) is 7.24. The number of nitrogens with zero attached hydrogens (tertiary/aromatic N) is 1. The third-order valence-electron chi connectivity index (χ3n) is 4.89. The van der Waals surface area contributed by atoms with Gasteiger partial charge in [0.25, 0.3) is 0 Å². The number of rotatable bonds is 6. The van der Waals surface area contributed by atoms with Gasteiger partial charge >= 0.3 is 5.97 Å². The number of carboxylic acid groups (broad SMARTS) is 1. The van der Waals surface area contributed by atoms with E-state index in [-0.39, 0.29) is 17.9 Å². The van der Waals surface area contributed by atoms with Crippen molar-refractivity contribution in [3.63, 3.8) is 0 Å². The highest BCUT2D eigenvalue weighted by molar-refractivity contribution is 5.81. The lowest BCUT2D eigenvalue weighted by Gasteiger charge is -2.17. The molecule has 1 saturated carbocycles. The number of ether oxygens (including phenoxy) is 1. The van der Waals surface area contributed by atoms with Crippen molar-refractivity contribution in [2.24, 2.45) is 17.8 Å². The summed E-state index contributed by atoms with van der Waals surface area (Å²) in [7, 11) is 0. The number of aliphatic carboxylic acids is 1. The lowest BCUT2D eigenvalue weighted by molar-refractivity contribution is -0.142. The number of hydrogen-bond donors (Lipinski definition) is 1. The Morgan fingerprint density at radius 2 is 2.04 bits per heavy atom. The Bertz CT molecular complexity index is 624. The first kappa shape index (κ1) is 16.8. The summed E-state index contributed by atoms with van der Waals surface area (Å²) in [5.74, 6) is 0.211. The molecule has 1 aromatic rings. The fourth-order valence-corrected chi connectivity index (χ4v) is 3.58. The molecule has 0 spiro atoms. The van der Waals surface area contributed by atoms with Crippen LogP contribution in [-0.4, -0.2) is 41.1 Å². The van der Waals surface area contributed by atoms with Crippen molar-refractivity contribution in [1.29, 1.82) is 0 Å². The Kier molecular flexibility index (Phi) is 4.78. The van der Waals surface area contributed by atoms with Crippen LogP contribution >= 0.6 is 0 Å². The molecule has 1 aliphatic carbocycles. The van der Waals surface area contributed by atoms with E-state index in [0.717, 1.165) is 24.2 Å². The fourth-order valence-electron chi connectivity index (χ4n) is 3.58. The number of amides is 1. The van der Waals surface area contributed by atoms with Crippen LogP contribution in [0.5, 0.6) is 5.75 Å². The van der Waals surface area contributed by atoms with Gasteiger partial charge in [-0.05, 0) is 56.2 Å². The van der Waals surface area contributed by atoms with Crippen molar-refractivity contribution < 1.29 is 19.4 Å². The summed E-state index contributed by atoms with van der Waals surface area (Å²) < 4.78 is 5.66. The van der Waals surface area contributed by atoms with Crippen molar-refractivity contribution >= 4 is 11.9 Å². The maximum atomic E-state index is 12.6. The van der Waals surface area contributed by atoms with Gasteiger partial charge in [-0.1, -0.05) is 12.1 Å². The lowest BCUT2D eigenvalue weighted by Crippen LogP contribution is -2.31. The number of carbonyl (C=O) groups is 2. The maximum absolute atomic E-state index is 12.6. The largest absolute Gasteiger partial charge is 0.491 e. The normalized spacial score (nSPS) is 23.5. The third kappa shape index (κ3) is 3.89. The van der Waals surface area contributed by atoms with Crippen LogP contribution in [0.2, 0.25) is 0 Å². The molecule has 1 N–H and O–H groups in total. The minimum Gasteiger partial charge on any atom is -0.491 e. The highest BCUT2D eigenvalue weighted by atomic mass is 16.5. The molecule has 2 atom stereocenters. The van der Waals surface area contributed by atoms with Crippen LogP contribution in [0.25, 0.3) is 0 Å². The molecule has 130 valence electrons. The van der Waals surface area contributed by atoms with Crippen molar-refractivity contribution in [1.82, 2.24) is 4.90 Å². The standard InChI is InChI=1S/C19H25NO4/c1-12(2)24-15-5-3-4-13(8-15)9-18(21)20-10-16(14-6-7-14)17(11-20)19(22)23/h3-5,8,12,14,16-17H,6-7,9-11H2,1-2H3,(H,22,23)/t16-,17+/m1/s1. The molecule has 1 heterocycles. The topological polar surface area (TPSA) is 66.8 Å². The van der Waals surface area contributed by atoms with E-state index in [1.54, 1.807) is 4.90 Å². The molecule has 1 aliphatic heterocycles. The molecule has 0 bridgehead atoms. The van der Waals surface area contributed by atoms with Crippen LogP contribution in [0.1, 0.15) is 32.3 Å². The van der Waals surface area contributed by atoms with Gasteiger partial charge in [-0.15, -0.1) is 0 Å². The molecule has 0 radical (unpaired) electrons. The zero-order valence-electron chi connectivity index (χ0n) is 14.3. The Hall–Kier alpha value is -2.04. The average Bonchev–Trinajstić information content (AvgIpc) is 3.24. The highest BCUT2D eigenvalue weighted by Gasteiger charge is 2.46. The predicted octanol–water partition coefficient (Wildman–Crippen LogP) is 2.59. The van der Waals surface area contributed by atoms with Gasteiger partial charge in [0, 0.05) is 13.1 Å². The molecular weight excluding hydrogens is 306 g/mol. The fraction of sp³-hybridized carbons (Fsp3) is 0.579. The molecule has 5 heteroatoms. The summed E-state index contributed by atoms with van der Waals surface area (Å²) in [5, 5.41) is 9.42. The first-order valence-electron chi connectivity index (χ1n) is 8.70. The highest BCUT2D eigenvalue weighted by Crippen LogP contribution is 2.44. The second-order valence-corrected chi connectivity index (χ2v) is 7.24. The van der Waals surface area contributed by atoms with Crippen LogP contribution in [0.15, 0.2) is 24.3 Å². The molecule has 1 aromatic carbocycles. The number of hydrogen-bond acceptors (Lipinski definition) is 3. The smallest absolute Gasteiger partial charge is 0.308 e. The van der Waals surface area contributed by atoms with E-state index in [4.69, 9.17) is 4.74 Å². The van der Waals surface area contributed by atoms with Crippen molar-refractivity contribution in [2.75, 3.05) is 13.1 Å². The average molecular weight is 331 g/mol. The van der Waals surface area contributed by atoms with Gasteiger partial charge in [0.15, 0.2) is 0 Å². The van der Waals surface area contributed by atoms with E-state index in [1.807, 2.05) is 38.1 Å². The summed E-state index contributed by atoms with van der Waals surface area (Å²) in [6.45, 7) is 4.86. The summed E-state index contributed by atoms with van der Waals surface area (Å²) in [6, 6.07) is 7.57. The third-order valence-corrected chi connectivity index (χ3v) is 4.89. The molecule has 1 saturated heterocycles. The molecule has 24 heavy (non-hydrogen) atoms. The van der Waals surface area contributed by atoms with E-state index in [9.17, 15) is 14.7 Å². The van der Waals surface area contributed by atoms with Crippen molar-refractivity contribution in [3.8, 4) is 5.75 Å². The van der Waals surface area contributed by atoms with E-state index in [1.165, 1.54) is 0 Å². The van der Waals surface area contributed by atoms with Gasteiger partial charge in [0.1, 0.15) is 5.75 Å². The number of benzene rings is 1. The lowest BCUT2D eigenvalue weighted by atomic mass is 9.92. The maximum Gasteiger partial charge on any atom is 0.308 e. The number of carbonyl (C=O) groups excluding carboxylic acids is 1. The molecule has 0 aromatic heterocycles. The van der Waals surface area contributed by atoms with Crippen LogP contribution < -0.4 is 4.74 Å². The predicted molar refractivity (Wildman–Crippen MR) is 89.8 cm³/mol. The summed E-state index contributed by atoms with van der Waals surface area (Å²) in [5.41, 5.74) is 0.903. The molecule has 0 unspecified atom stereocenters. The Balaban J connectivity index is 1.64. The number of likely N-dealkylation sites (tertiary alicyclic amines) is 1. The van der Waals surface area contributed by atoms with Gasteiger partial charge in [-0.2, -0.15) is 0 Å². The molecule has 3 rings (SSSR count). The van der Waals surface area contributed by atoms with E-state index in [0.29, 0.717) is 25.4 Å².